The van der Waals surface area contributed by atoms with Crippen LogP contribution in [0.3, 0.4) is 0 Å². The van der Waals surface area contributed by atoms with Crippen LogP contribution in [0.15, 0.2) is 36.5 Å². The Bertz CT molecular complexity index is 775. The summed E-state index contributed by atoms with van der Waals surface area (Å²) in [5.41, 5.74) is 1.72. The summed E-state index contributed by atoms with van der Waals surface area (Å²) in [6, 6.07) is 9.80. The number of pyridine rings is 1. The predicted molar refractivity (Wildman–Crippen MR) is 81.0 cm³/mol. The number of halogens is 1. The monoisotopic (exact) mass is 301 g/mol. The van der Waals surface area contributed by atoms with Gasteiger partial charge in [0.05, 0.1) is 17.8 Å². The lowest BCUT2D eigenvalue weighted by Gasteiger charge is -2.09. The lowest BCUT2D eigenvalue weighted by molar-refractivity contribution is 0.312. The van der Waals surface area contributed by atoms with E-state index < -0.39 is 0 Å². The molecule has 0 fully saturated rings. The minimum atomic E-state index is 0.0781. The molecule has 1 N–H and O–H groups in total. The summed E-state index contributed by atoms with van der Waals surface area (Å²) in [7, 11) is 0. The average Bonchev–Trinajstić information content (AvgIpc) is 2.47. The van der Waals surface area contributed by atoms with E-state index in [1.165, 1.54) is 0 Å². The average molecular weight is 302 g/mol. The van der Waals surface area contributed by atoms with E-state index in [2.05, 4.69) is 25.3 Å². The first kappa shape index (κ1) is 13.5. The summed E-state index contributed by atoms with van der Waals surface area (Å²) >= 11 is 5.88. The van der Waals surface area contributed by atoms with Crippen molar-refractivity contribution in [2.75, 3.05) is 11.9 Å². The number of hydrogen-bond donors (Lipinski definition) is 1. The smallest absolute Gasteiger partial charge is 0.322 e. The molecule has 106 valence electrons. The number of benzene rings is 1. The molecule has 0 saturated carbocycles. The predicted octanol–water partition coefficient (Wildman–Crippen LogP) is 3.22. The van der Waals surface area contributed by atoms with Crippen molar-refractivity contribution in [3.05, 3.63) is 41.8 Å². The molecule has 1 aromatic carbocycles. The first-order chi connectivity index (χ1) is 10.3. The maximum atomic E-state index is 5.88. The van der Waals surface area contributed by atoms with E-state index in [0.717, 1.165) is 16.6 Å². The van der Waals surface area contributed by atoms with Gasteiger partial charge in [-0.15, -0.1) is 0 Å². The van der Waals surface area contributed by atoms with Gasteiger partial charge >= 0.3 is 6.01 Å². The van der Waals surface area contributed by atoms with Crippen LogP contribution in [0.1, 0.15) is 6.92 Å². The number of aromatic nitrogens is 4. The Balaban J connectivity index is 1.98. The fourth-order valence-corrected chi connectivity index (χ4v) is 2.07. The Morgan fingerprint density at radius 3 is 2.90 bits per heavy atom. The third-order valence-electron chi connectivity index (χ3n) is 2.75. The van der Waals surface area contributed by atoms with Gasteiger partial charge in [0.1, 0.15) is 0 Å². The molecule has 3 aromatic rings. The van der Waals surface area contributed by atoms with Crippen LogP contribution in [0.4, 0.5) is 11.6 Å². The highest BCUT2D eigenvalue weighted by atomic mass is 35.5. The van der Waals surface area contributed by atoms with Gasteiger partial charge in [0.15, 0.2) is 0 Å². The number of ether oxygens (including phenoxy) is 1. The molecule has 3 rings (SSSR count). The third-order valence-corrected chi connectivity index (χ3v) is 2.92. The van der Waals surface area contributed by atoms with Gasteiger partial charge in [-0.1, -0.05) is 6.07 Å². The van der Waals surface area contributed by atoms with Crippen molar-refractivity contribution in [2.45, 2.75) is 6.92 Å². The summed E-state index contributed by atoms with van der Waals surface area (Å²) < 4.78 is 5.25. The Kier molecular flexibility index (Phi) is 3.79. The first-order valence-electron chi connectivity index (χ1n) is 6.41. The topological polar surface area (TPSA) is 72.8 Å². The van der Waals surface area contributed by atoms with E-state index in [-0.39, 0.29) is 11.3 Å². The zero-order valence-corrected chi connectivity index (χ0v) is 12.0. The zero-order valence-electron chi connectivity index (χ0n) is 11.2. The van der Waals surface area contributed by atoms with Crippen LogP contribution in [0, 0.1) is 0 Å². The summed E-state index contributed by atoms with van der Waals surface area (Å²) in [5, 5.41) is 4.17. The highest BCUT2D eigenvalue weighted by molar-refractivity contribution is 6.28. The summed E-state index contributed by atoms with van der Waals surface area (Å²) in [6.45, 7) is 2.30. The molecule has 6 nitrogen and oxygen atoms in total. The van der Waals surface area contributed by atoms with E-state index in [1.54, 1.807) is 6.20 Å². The fraction of sp³-hybridized carbons (Fsp3) is 0.143. The molecule has 2 aromatic heterocycles. The lowest BCUT2D eigenvalue weighted by atomic mass is 10.2. The molecular weight excluding hydrogens is 290 g/mol. The Hall–Kier alpha value is -2.47. The highest BCUT2D eigenvalue weighted by Gasteiger charge is 2.08. The van der Waals surface area contributed by atoms with Crippen LogP contribution in [-0.4, -0.2) is 26.5 Å². The van der Waals surface area contributed by atoms with Crippen LogP contribution < -0.4 is 10.1 Å². The summed E-state index contributed by atoms with van der Waals surface area (Å²) in [5.74, 6) is 0.329. The quantitative estimate of drug-likeness (QED) is 0.797. The molecular formula is C14H12ClN5O. The molecule has 0 aliphatic heterocycles. The number of hydrogen-bond acceptors (Lipinski definition) is 6. The van der Waals surface area contributed by atoms with Gasteiger partial charge < -0.3 is 10.1 Å². The van der Waals surface area contributed by atoms with Crippen molar-refractivity contribution in [1.29, 1.82) is 0 Å². The van der Waals surface area contributed by atoms with E-state index in [9.17, 15) is 0 Å². The second-order valence-corrected chi connectivity index (χ2v) is 4.48. The van der Waals surface area contributed by atoms with Gasteiger partial charge in [-0.3, -0.25) is 4.98 Å². The van der Waals surface area contributed by atoms with Crippen LogP contribution >= 0.6 is 11.6 Å². The van der Waals surface area contributed by atoms with Crippen LogP contribution in [0.2, 0.25) is 5.28 Å². The second kappa shape index (κ2) is 5.88. The standard InChI is InChI=1S/C14H12ClN5O/c1-2-21-14-19-12(15)18-13(20-14)17-11-7-3-6-10-9(11)5-4-8-16-10/h3-8H,2H2,1H3,(H,17,18,19,20). The molecule has 0 aliphatic rings. The maximum absolute atomic E-state index is 5.88. The molecule has 0 amide bonds. The molecule has 0 radical (unpaired) electrons. The van der Waals surface area contributed by atoms with Gasteiger partial charge in [0.2, 0.25) is 11.2 Å². The number of rotatable bonds is 4. The van der Waals surface area contributed by atoms with Crippen LogP contribution in [0.5, 0.6) is 6.01 Å². The number of fused-ring (bicyclic) bond motifs is 1. The molecule has 7 heteroatoms. The first-order valence-corrected chi connectivity index (χ1v) is 6.79. The van der Waals surface area contributed by atoms with Crippen molar-refractivity contribution in [1.82, 2.24) is 19.9 Å². The number of nitrogens with one attached hydrogen (secondary N) is 1. The number of anilines is 2. The molecule has 0 spiro atoms. The van der Waals surface area contributed by atoms with Crippen molar-refractivity contribution >= 4 is 34.1 Å². The molecule has 0 saturated heterocycles. The molecule has 0 aliphatic carbocycles. The van der Waals surface area contributed by atoms with Crippen LogP contribution in [0.25, 0.3) is 10.9 Å². The van der Waals surface area contributed by atoms with Crippen molar-refractivity contribution in [3.63, 3.8) is 0 Å². The molecule has 2 heterocycles. The number of nitrogens with zero attached hydrogens (tertiary/aromatic N) is 4. The Labute approximate surface area is 126 Å². The normalized spacial score (nSPS) is 10.6. The molecule has 0 bridgehead atoms. The summed E-state index contributed by atoms with van der Waals surface area (Å²) in [4.78, 5) is 16.4. The van der Waals surface area contributed by atoms with Crippen molar-refractivity contribution in [3.8, 4) is 6.01 Å². The molecule has 21 heavy (non-hydrogen) atoms. The van der Waals surface area contributed by atoms with Crippen molar-refractivity contribution in [2.24, 2.45) is 0 Å². The Morgan fingerprint density at radius 2 is 2.05 bits per heavy atom. The van der Waals surface area contributed by atoms with E-state index in [4.69, 9.17) is 16.3 Å². The highest BCUT2D eigenvalue weighted by Crippen LogP contribution is 2.24. The van der Waals surface area contributed by atoms with Gasteiger partial charge in [-0.25, -0.2) is 0 Å². The van der Waals surface area contributed by atoms with Gasteiger partial charge in [0.25, 0.3) is 0 Å². The molecule has 0 atom stereocenters. The SMILES string of the molecule is CCOc1nc(Cl)nc(Nc2cccc3ncccc23)n1. The maximum Gasteiger partial charge on any atom is 0.322 e. The van der Waals surface area contributed by atoms with E-state index in [1.807, 2.05) is 37.3 Å². The summed E-state index contributed by atoms with van der Waals surface area (Å²) in [6.07, 6.45) is 1.75. The molecule has 0 unspecified atom stereocenters. The lowest BCUT2D eigenvalue weighted by Crippen LogP contribution is -2.04. The minimum absolute atomic E-state index is 0.0781. The zero-order chi connectivity index (χ0) is 14.7. The van der Waals surface area contributed by atoms with Crippen LogP contribution in [-0.2, 0) is 0 Å². The van der Waals surface area contributed by atoms with Gasteiger partial charge in [0, 0.05) is 11.6 Å². The third kappa shape index (κ3) is 3.00. The van der Waals surface area contributed by atoms with Crippen molar-refractivity contribution < 1.29 is 4.74 Å². The van der Waals surface area contributed by atoms with Gasteiger partial charge in [-0.2, -0.15) is 15.0 Å². The largest absolute Gasteiger partial charge is 0.464 e. The second-order valence-electron chi connectivity index (χ2n) is 4.14. The fourth-order valence-electron chi connectivity index (χ4n) is 1.91. The Morgan fingerprint density at radius 1 is 1.14 bits per heavy atom. The van der Waals surface area contributed by atoms with Gasteiger partial charge in [-0.05, 0) is 42.8 Å². The minimum Gasteiger partial charge on any atom is -0.464 e. The van der Waals surface area contributed by atoms with E-state index >= 15 is 0 Å². The van der Waals surface area contributed by atoms with E-state index in [0.29, 0.717) is 12.6 Å².